The van der Waals surface area contributed by atoms with Crippen LogP contribution in [0.2, 0.25) is 0 Å². The fraction of sp³-hybridized carbons (Fsp3) is 0.480. The molecule has 33 heavy (non-hydrogen) atoms. The molecule has 8 heteroatoms. The zero-order valence-electron chi connectivity index (χ0n) is 19.7. The van der Waals surface area contributed by atoms with E-state index in [4.69, 9.17) is 19.7 Å². The van der Waals surface area contributed by atoms with Crippen LogP contribution in [-0.4, -0.2) is 41.9 Å². The summed E-state index contributed by atoms with van der Waals surface area (Å²) < 4.78 is 17.0. The Bertz CT molecular complexity index is 1040. The number of hydrogen-bond donors (Lipinski definition) is 1. The van der Waals surface area contributed by atoms with E-state index < -0.39 is 0 Å². The fourth-order valence-corrected chi connectivity index (χ4v) is 4.14. The first-order valence-corrected chi connectivity index (χ1v) is 11.7. The van der Waals surface area contributed by atoms with Gasteiger partial charge in [-0.1, -0.05) is 25.1 Å². The molecule has 1 aliphatic heterocycles. The summed E-state index contributed by atoms with van der Waals surface area (Å²) in [6, 6.07) is 12.1. The van der Waals surface area contributed by atoms with Crippen LogP contribution in [0, 0.1) is 5.92 Å². The van der Waals surface area contributed by atoms with Gasteiger partial charge in [0.05, 0.1) is 19.4 Å². The molecule has 0 spiro atoms. The lowest BCUT2D eigenvalue weighted by Crippen LogP contribution is -2.34. The molecule has 0 atom stereocenters. The number of nitrogens with zero attached hydrogens (tertiary/aromatic N) is 4. The third kappa shape index (κ3) is 5.74. The van der Waals surface area contributed by atoms with E-state index >= 15 is 0 Å². The van der Waals surface area contributed by atoms with Crippen molar-refractivity contribution >= 4 is 11.8 Å². The summed E-state index contributed by atoms with van der Waals surface area (Å²) >= 11 is 0. The molecule has 3 aromatic rings. The van der Waals surface area contributed by atoms with Gasteiger partial charge in [0, 0.05) is 30.6 Å². The van der Waals surface area contributed by atoms with Crippen LogP contribution in [-0.2, 0) is 0 Å². The largest absolute Gasteiger partial charge is 0.496 e. The fourth-order valence-electron chi connectivity index (χ4n) is 4.14. The van der Waals surface area contributed by atoms with Gasteiger partial charge >= 0.3 is 6.01 Å². The average molecular weight is 452 g/mol. The monoisotopic (exact) mass is 451 g/mol. The highest BCUT2D eigenvalue weighted by Crippen LogP contribution is 2.33. The van der Waals surface area contributed by atoms with Gasteiger partial charge in [-0.3, -0.25) is 0 Å². The SMILES string of the molecule is COc1cc(OCCCC2CCN(c3nc(C(C)C)no3)CC2)ccc1-c1cccc(N)n1. The number of methoxy groups -OCH3 is 1. The van der Waals surface area contributed by atoms with Crippen LogP contribution < -0.4 is 20.1 Å². The molecule has 176 valence electrons. The van der Waals surface area contributed by atoms with Gasteiger partial charge in [-0.15, -0.1) is 0 Å². The number of piperidine rings is 1. The third-order valence-corrected chi connectivity index (χ3v) is 6.08. The quantitative estimate of drug-likeness (QED) is 0.458. The smallest absolute Gasteiger partial charge is 0.324 e. The molecule has 2 aromatic heterocycles. The highest BCUT2D eigenvalue weighted by atomic mass is 16.5. The summed E-state index contributed by atoms with van der Waals surface area (Å²) in [5.74, 6) is 3.76. The molecule has 3 heterocycles. The van der Waals surface area contributed by atoms with E-state index in [-0.39, 0.29) is 5.92 Å². The van der Waals surface area contributed by atoms with Gasteiger partial charge < -0.3 is 24.6 Å². The van der Waals surface area contributed by atoms with Gasteiger partial charge in [0.1, 0.15) is 17.3 Å². The lowest BCUT2D eigenvalue weighted by molar-refractivity contribution is 0.275. The van der Waals surface area contributed by atoms with Crippen LogP contribution in [0.4, 0.5) is 11.8 Å². The van der Waals surface area contributed by atoms with Gasteiger partial charge in [-0.2, -0.15) is 4.98 Å². The van der Waals surface area contributed by atoms with Crippen molar-refractivity contribution in [1.29, 1.82) is 0 Å². The Morgan fingerprint density at radius 3 is 2.67 bits per heavy atom. The Morgan fingerprint density at radius 1 is 1.15 bits per heavy atom. The molecule has 1 saturated heterocycles. The Labute approximate surface area is 195 Å². The predicted octanol–water partition coefficient (Wildman–Crippen LogP) is 4.92. The zero-order chi connectivity index (χ0) is 23.2. The van der Waals surface area contributed by atoms with Crippen molar-refractivity contribution in [3.8, 4) is 22.8 Å². The topological polar surface area (TPSA) is 99.5 Å². The Hall–Kier alpha value is -3.29. The Balaban J connectivity index is 1.22. The number of anilines is 2. The van der Waals surface area contributed by atoms with Crippen molar-refractivity contribution in [2.45, 2.75) is 45.4 Å². The number of nitrogen functional groups attached to an aromatic ring is 1. The molecule has 0 radical (unpaired) electrons. The molecular formula is C25H33N5O3. The number of hydrogen-bond acceptors (Lipinski definition) is 8. The number of rotatable bonds is 9. The number of nitrogens with two attached hydrogens (primary N) is 1. The van der Waals surface area contributed by atoms with E-state index in [1.165, 1.54) is 0 Å². The normalized spacial score (nSPS) is 14.6. The molecule has 1 aliphatic rings. The first-order valence-electron chi connectivity index (χ1n) is 11.7. The molecule has 0 amide bonds. The average Bonchev–Trinajstić information content (AvgIpc) is 3.33. The molecule has 1 fully saturated rings. The van der Waals surface area contributed by atoms with Crippen LogP contribution in [0.5, 0.6) is 11.5 Å². The maximum atomic E-state index is 6.00. The summed E-state index contributed by atoms with van der Waals surface area (Å²) in [6.45, 7) is 6.75. The van der Waals surface area contributed by atoms with Crippen LogP contribution in [0.1, 0.15) is 51.3 Å². The second kappa shape index (κ2) is 10.6. The van der Waals surface area contributed by atoms with E-state index in [2.05, 4.69) is 33.9 Å². The van der Waals surface area contributed by atoms with Gasteiger partial charge in [-0.05, 0) is 55.9 Å². The molecule has 0 saturated carbocycles. The number of ether oxygens (including phenoxy) is 2. The van der Waals surface area contributed by atoms with Crippen LogP contribution in [0.15, 0.2) is 40.9 Å². The first kappa shape index (κ1) is 22.9. The molecule has 0 aliphatic carbocycles. The predicted molar refractivity (Wildman–Crippen MR) is 129 cm³/mol. The number of pyridine rings is 1. The van der Waals surface area contributed by atoms with E-state index in [1.54, 1.807) is 13.2 Å². The number of benzene rings is 1. The molecular weight excluding hydrogens is 418 g/mol. The molecule has 0 bridgehead atoms. The highest BCUT2D eigenvalue weighted by Gasteiger charge is 2.23. The van der Waals surface area contributed by atoms with E-state index in [0.29, 0.717) is 24.4 Å². The summed E-state index contributed by atoms with van der Waals surface area (Å²) in [5, 5.41) is 4.08. The minimum Gasteiger partial charge on any atom is -0.496 e. The lowest BCUT2D eigenvalue weighted by atomic mass is 9.92. The summed E-state index contributed by atoms with van der Waals surface area (Å²) in [7, 11) is 1.65. The minimum atomic E-state index is 0.282. The van der Waals surface area contributed by atoms with Crippen molar-refractivity contribution in [2.75, 3.05) is 37.4 Å². The van der Waals surface area contributed by atoms with Crippen molar-refractivity contribution in [3.63, 3.8) is 0 Å². The van der Waals surface area contributed by atoms with Crippen molar-refractivity contribution in [1.82, 2.24) is 15.1 Å². The molecule has 0 unspecified atom stereocenters. The zero-order valence-corrected chi connectivity index (χ0v) is 19.7. The molecule has 2 N–H and O–H groups in total. The van der Waals surface area contributed by atoms with E-state index in [1.807, 2.05) is 30.3 Å². The minimum absolute atomic E-state index is 0.282. The molecule has 4 rings (SSSR count). The van der Waals surface area contributed by atoms with Crippen LogP contribution >= 0.6 is 0 Å². The Morgan fingerprint density at radius 2 is 1.97 bits per heavy atom. The summed E-state index contributed by atoms with van der Waals surface area (Å²) in [6.07, 6.45) is 4.44. The van der Waals surface area contributed by atoms with E-state index in [9.17, 15) is 0 Å². The second-order valence-electron chi connectivity index (χ2n) is 8.82. The van der Waals surface area contributed by atoms with Gasteiger partial charge in [0.2, 0.25) is 0 Å². The number of aromatic nitrogens is 3. The highest BCUT2D eigenvalue weighted by molar-refractivity contribution is 5.69. The van der Waals surface area contributed by atoms with Crippen molar-refractivity contribution < 1.29 is 14.0 Å². The van der Waals surface area contributed by atoms with Crippen molar-refractivity contribution in [2.24, 2.45) is 5.92 Å². The Kier molecular flexibility index (Phi) is 7.32. The third-order valence-electron chi connectivity index (χ3n) is 6.08. The van der Waals surface area contributed by atoms with E-state index in [0.717, 1.165) is 67.4 Å². The van der Waals surface area contributed by atoms with Gasteiger partial charge in [0.25, 0.3) is 0 Å². The van der Waals surface area contributed by atoms with Crippen LogP contribution in [0.3, 0.4) is 0 Å². The standard InChI is InChI=1S/C25H33N5O3/c1-17(2)24-28-25(33-29-24)30-13-11-18(12-14-30)6-5-15-32-19-9-10-20(22(16-19)31-3)21-7-4-8-23(26)27-21/h4,7-10,16-18H,5-6,11-15H2,1-3H3,(H2,26,27). The van der Waals surface area contributed by atoms with Gasteiger partial charge in [-0.25, -0.2) is 4.98 Å². The summed E-state index contributed by atoms with van der Waals surface area (Å²) in [5.41, 5.74) is 7.50. The lowest BCUT2D eigenvalue weighted by Gasteiger charge is -2.30. The second-order valence-corrected chi connectivity index (χ2v) is 8.82. The summed E-state index contributed by atoms with van der Waals surface area (Å²) in [4.78, 5) is 11.1. The maximum Gasteiger partial charge on any atom is 0.324 e. The first-order chi connectivity index (χ1) is 16.0. The maximum absolute atomic E-state index is 6.00. The van der Waals surface area contributed by atoms with Gasteiger partial charge in [0.15, 0.2) is 5.82 Å². The molecule has 8 nitrogen and oxygen atoms in total. The van der Waals surface area contributed by atoms with Crippen molar-refractivity contribution in [3.05, 3.63) is 42.2 Å². The van der Waals surface area contributed by atoms with Crippen LogP contribution in [0.25, 0.3) is 11.3 Å². The molecule has 1 aromatic carbocycles.